The molecule has 0 saturated heterocycles. The predicted molar refractivity (Wildman–Crippen MR) is 86.4 cm³/mol. The Hall–Kier alpha value is -1.54. The van der Waals surface area contributed by atoms with Crippen molar-refractivity contribution in [2.24, 2.45) is 5.92 Å². The topological polar surface area (TPSA) is 25.2 Å². The van der Waals surface area contributed by atoms with Crippen molar-refractivity contribution in [3.8, 4) is 0 Å². The number of benzene rings is 1. The molecule has 1 saturated carbocycles. The molecule has 21 heavy (non-hydrogen) atoms. The molecule has 1 aliphatic rings. The maximum Gasteiger partial charge on any atom is 0.103 e. The smallest absolute Gasteiger partial charge is 0.103 e. The molecule has 0 aliphatic heterocycles. The number of aryl methyl sites for hydroxylation is 1. The number of nitrogens with one attached hydrogen (secondary N) is 1. The molecule has 112 valence electrons. The third-order valence-electron chi connectivity index (χ3n) is 4.52. The van der Waals surface area contributed by atoms with Gasteiger partial charge >= 0.3 is 0 Å². The Bertz CT molecular complexity index is 520. The summed E-state index contributed by atoms with van der Waals surface area (Å²) in [4.78, 5) is 0. The highest BCUT2D eigenvalue weighted by Crippen LogP contribution is 2.50. The number of rotatable bonds is 8. The van der Waals surface area contributed by atoms with Gasteiger partial charge in [-0.25, -0.2) is 0 Å². The number of hydrogen-bond donors (Lipinski definition) is 1. The molecule has 1 aliphatic carbocycles. The van der Waals surface area contributed by atoms with Gasteiger partial charge in [-0.3, -0.25) is 0 Å². The van der Waals surface area contributed by atoms with Crippen molar-refractivity contribution in [2.45, 2.75) is 44.6 Å². The maximum absolute atomic E-state index is 5.47. The van der Waals surface area contributed by atoms with Crippen LogP contribution in [-0.2, 0) is 6.42 Å². The van der Waals surface area contributed by atoms with Gasteiger partial charge in [-0.1, -0.05) is 37.3 Å². The predicted octanol–water partition coefficient (Wildman–Crippen LogP) is 4.38. The molecule has 2 aromatic rings. The second-order valence-electron chi connectivity index (χ2n) is 6.10. The molecule has 1 aromatic carbocycles. The normalized spacial score (nSPS) is 22.1. The lowest BCUT2D eigenvalue weighted by atomic mass is 10.0. The summed E-state index contributed by atoms with van der Waals surface area (Å²) in [5.74, 6) is 2.64. The summed E-state index contributed by atoms with van der Waals surface area (Å²) in [5, 5.41) is 3.75. The van der Waals surface area contributed by atoms with Gasteiger partial charge < -0.3 is 9.73 Å². The molecule has 0 bridgehead atoms. The fraction of sp³-hybridized carbons (Fsp3) is 0.474. The van der Waals surface area contributed by atoms with Crippen LogP contribution in [0.25, 0.3) is 0 Å². The molecule has 2 nitrogen and oxygen atoms in total. The summed E-state index contributed by atoms with van der Waals surface area (Å²) < 4.78 is 5.47. The van der Waals surface area contributed by atoms with Crippen molar-refractivity contribution >= 4 is 0 Å². The summed E-state index contributed by atoms with van der Waals surface area (Å²) in [6, 6.07) is 15.6. The zero-order valence-corrected chi connectivity index (χ0v) is 12.8. The highest BCUT2D eigenvalue weighted by molar-refractivity contribution is 5.26. The molecular formula is C19H25NO. The molecule has 0 radical (unpaired) electrons. The van der Waals surface area contributed by atoms with Crippen molar-refractivity contribution in [2.75, 3.05) is 6.54 Å². The molecule has 1 aromatic heterocycles. The van der Waals surface area contributed by atoms with Gasteiger partial charge in [0.15, 0.2) is 0 Å². The minimum Gasteiger partial charge on any atom is -0.469 e. The molecule has 3 unspecified atom stereocenters. The largest absolute Gasteiger partial charge is 0.469 e. The molecule has 3 atom stereocenters. The van der Waals surface area contributed by atoms with E-state index in [4.69, 9.17) is 4.42 Å². The van der Waals surface area contributed by atoms with Crippen LogP contribution in [0.2, 0.25) is 0 Å². The Balaban J connectivity index is 1.58. The maximum atomic E-state index is 5.47. The van der Waals surface area contributed by atoms with Crippen LogP contribution in [0.5, 0.6) is 0 Å². The van der Waals surface area contributed by atoms with Crippen molar-refractivity contribution in [3.05, 3.63) is 60.1 Å². The third-order valence-corrected chi connectivity index (χ3v) is 4.52. The van der Waals surface area contributed by atoms with Crippen molar-refractivity contribution < 1.29 is 4.42 Å². The SMILES string of the molecule is CCCNC(CCc1ccco1)C1CC1c1ccccc1. The van der Waals surface area contributed by atoms with Crippen LogP contribution in [0, 0.1) is 5.92 Å². The van der Waals surface area contributed by atoms with E-state index in [-0.39, 0.29) is 0 Å². The van der Waals surface area contributed by atoms with E-state index in [9.17, 15) is 0 Å². The summed E-state index contributed by atoms with van der Waals surface area (Å²) >= 11 is 0. The van der Waals surface area contributed by atoms with E-state index in [0.717, 1.165) is 30.6 Å². The van der Waals surface area contributed by atoms with Crippen molar-refractivity contribution in [1.29, 1.82) is 0 Å². The molecular weight excluding hydrogens is 258 g/mol. The monoisotopic (exact) mass is 283 g/mol. The van der Waals surface area contributed by atoms with E-state index >= 15 is 0 Å². The van der Waals surface area contributed by atoms with E-state index in [0.29, 0.717) is 6.04 Å². The lowest BCUT2D eigenvalue weighted by Gasteiger charge is -2.18. The average Bonchev–Trinajstić information content (AvgIpc) is 3.15. The first kappa shape index (κ1) is 14.4. The van der Waals surface area contributed by atoms with Crippen LogP contribution < -0.4 is 5.32 Å². The number of hydrogen-bond acceptors (Lipinski definition) is 2. The van der Waals surface area contributed by atoms with E-state index in [2.05, 4.69) is 48.6 Å². The van der Waals surface area contributed by atoms with E-state index in [1.165, 1.54) is 24.8 Å². The fourth-order valence-corrected chi connectivity index (χ4v) is 3.29. The Morgan fingerprint density at radius 3 is 2.76 bits per heavy atom. The van der Waals surface area contributed by atoms with Crippen LogP contribution in [0.1, 0.15) is 43.4 Å². The summed E-state index contributed by atoms with van der Waals surface area (Å²) in [6.07, 6.45) is 6.49. The molecule has 1 N–H and O–H groups in total. The lowest BCUT2D eigenvalue weighted by molar-refractivity contribution is 0.408. The fourth-order valence-electron chi connectivity index (χ4n) is 3.29. The molecule has 0 spiro atoms. The first-order chi connectivity index (χ1) is 10.4. The summed E-state index contributed by atoms with van der Waals surface area (Å²) in [6.45, 7) is 3.35. The van der Waals surface area contributed by atoms with Gasteiger partial charge in [-0.05, 0) is 55.3 Å². The highest BCUT2D eigenvalue weighted by Gasteiger charge is 2.43. The van der Waals surface area contributed by atoms with E-state index < -0.39 is 0 Å². The second kappa shape index (κ2) is 6.95. The standard InChI is InChI=1S/C19H25NO/c1-2-12-20-19(11-10-16-9-6-13-21-16)18-14-17(18)15-7-4-3-5-8-15/h3-9,13,17-20H,2,10-12,14H2,1H3. The molecule has 1 heterocycles. The summed E-state index contributed by atoms with van der Waals surface area (Å²) in [5.41, 5.74) is 1.50. The summed E-state index contributed by atoms with van der Waals surface area (Å²) in [7, 11) is 0. The Kier molecular flexibility index (Phi) is 4.76. The zero-order valence-electron chi connectivity index (χ0n) is 12.8. The lowest BCUT2D eigenvalue weighted by Crippen LogP contribution is -2.32. The minimum atomic E-state index is 0.611. The molecule has 2 heteroatoms. The highest BCUT2D eigenvalue weighted by atomic mass is 16.3. The second-order valence-corrected chi connectivity index (χ2v) is 6.10. The van der Waals surface area contributed by atoms with Gasteiger partial charge in [-0.2, -0.15) is 0 Å². The Morgan fingerprint density at radius 1 is 1.19 bits per heavy atom. The van der Waals surface area contributed by atoms with Crippen LogP contribution in [0.3, 0.4) is 0 Å². The molecule has 1 fully saturated rings. The van der Waals surface area contributed by atoms with Gasteiger partial charge in [0.2, 0.25) is 0 Å². The first-order valence-corrected chi connectivity index (χ1v) is 8.19. The van der Waals surface area contributed by atoms with Gasteiger partial charge in [0.25, 0.3) is 0 Å². The van der Waals surface area contributed by atoms with Crippen LogP contribution >= 0.6 is 0 Å². The van der Waals surface area contributed by atoms with E-state index in [1.807, 2.05) is 6.07 Å². The Morgan fingerprint density at radius 2 is 2.05 bits per heavy atom. The van der Waals surface area contributed by atoms with Crippen LogP contribution in [0.15, 0.2) is 53.1 Å². The molecule has 3 rings (SSSR count). The van der Waals surface area contributed by atoms with E-state index in [1.54, 1.807) is 6.26 Å². The van der Waals surface area contributed by atoms with Gasteiger partial charge in [0.05, 0.1) is 6.26 Å². The van der Waals surface area contributed by atoms with Gasteiger partial charge in [0.1, 0.15) is 5.76 Å². The average molecular weight is 283 g/mol. The quantitative estimate of drug-likeness (QED) is 0.777. The molecule has 0 amide bonds. The third kappa shape index (κ3) is 3.76. The Labute approximate surface area is 127 Å². The van der Waals surface area contributed by atoms with Crippen LogP contribution in [-0.4, -0.2) is 12.6 Å². The van der Waals surface area contributed by atoms with Crippen molar-refractivity contribution in [1.82, 2.24) is 5.32 Å². The van der Waals surface area contributed by atoms with Gasteiger partial charge in [-0.15, -0.1) is 0 Å². The zero-order chi connectivity index (χ0) is 14.5. The van der Waals surface area contributed by atoms with Gasteiger partial charge in [0, 0.05) is 12.5 Å². The number of furan rings is 1. The van der Waals surface area contributed by atoms with Crippen LogP contribution in [0.4, 0.5) is 0 Å². The van der Waals surface area contributed by atoms with Crippen molar-refractivity contribution in [3.63, 3.8) is 0 Å². The first-order valence-electron chi connectivity index (χ1n) is 8.19. The minimum absolute atomic E-state index is 0.611.